The second-order valence-electron chi connectivity index (χ2n) is 3.72. The zero-order valence-electron chi connectivity index (χ0n) is 8.74. The van der Waals surface area contributed by atoms with Crippen LogP contribution in [0.25, 0.3) is 11.6 Å². The van der Waals surface area contributed by atoms with Gasteiger partial charge < -0.3 is 9.73 Å². The van der Waals surface area contributed by atoms with Crippen LogP contribution in [-0.4, -0.2) is 5.91 Å². The van der Waals surface area contributed by atoms with Crippen LogP contribution in [0.1, 0.15) is 11.3 Å². The molecule has 2 aromatic rings. The summed E-state index contributed by atoms with van der Waals surface area (Å²) in [6.45, 7) is 0. The van der Waals surface area contributed by atoms with Gasteiger partial charge in [0.2, 0.25) is 0 Å². The molecular formula is C13H8FNO2. The lowest BCUT2D eigenvalue weighted by Crippen LogP contribution is -2.03. The van der Waals surface area contributed by atoms with E-state index in [4.69, 9.17) is 4.42 Å². The number of nitrogens with one attached hydrogen (secondary N) is 1. The van der Waals surface area contributed by atoms with Crippen molar-refractivity contribution in [2.45, 2.75) is 0 Å². The van der Waals surface area contributed by atoms with Crippen molar-refractivity contribution in [1.82, 2.24) is 0 Å². The predicted octanol–water partition coefficient (Wildman–Crippen LogP) is 2.91. The summed E-state index contributed by atoms with van der Waals surface area (Å²) in [5, 5.41) is 2.61. The molecule has 0 radical (unpaired) electrons. The molecule has 0 atom stereocenters. The lowest BCUT2D eigenvalue weighted by atomic mass is 10.1. The van der Waals surface area contributed by atoms with Crippen LogP contribution in [0, 0.1) is 5.82 Å². The fourth-order valence-electron chi connectivity index (χ4n) is 1.83. The molecule has 0 fully saturated rings. The Hall–Kier alpha value is -2.36. The van der Waals surface area contributed by atoms with Gasteiger partial charge in [-0.25, -0.2) is 4.39 Å². The normalized spacial score (nSPS) is 16.1. The first kappa shape index (κ1) is 9.84. The number of fused-ring (bicyclic) bond motifs is 1. The van der Waals surface area contributed by atoms with Crippen LogP contribution in [-0.2, 0) is 4.79 Å². The van der Waals surface area contributed by atoms with Gasteiger partial charge in [-0.15, -0.1) is 0 Å². The monoisotopic (exact) mass is 229 g/mol. The molecule has 4 heteroatoms. The molecule has 1 N–H and O–H groups in total. The summed E-state index contributed by atoms with van der Waals surface area (Å²) in [6, 6.07) is 7.70. The Morgan fingerprint density at radius 3 is 2.94 bits per heavy atom. The third-order valence-electron chi connectivity index (χ3n) is 2.59. The molecule has 1 aromatic heterocycles. The average Bonchev–Trinajstić information content (AvgIpc) is 2.88. The molecule has 84 valence electrons. The van der Waals surface area contributed by atoms with Crippen molar-refractivity contribution in [3.63, 3.8) is 0 Å². The van der Waals surface area contributed by atoms with E-state index >= 15 is 0 Å². The summed E-state index contributed by atoms with van der Waals surface area (Å²) in [6.07, 6.45) is 3.17. The number of carbonyl (C=O) groups excluding carboxylic acids is 1. The summed E-state index contributed by atoms with van der Waals surface area (Å²) < 4.78 is 18.2. The topological polar surface area (TPSA) is 42.2 Å². The Kier molecular flexibility index (Phi) is 2.08. The van der Waals surface area contributed by atoms with Crippen molar-refractivity contribution in [2.75, 3.05) is 5.32 Å². The summed E-state index contributed by atoms with van der Waals surface area (Å²) in [4.78, 5) is 11.7. The van der Waals surface area contributed by atoms with Gasteiger partial charge in [0.25, 0.3) is 5.91 Å². The lowest BCUT2D eigenvalue weighted by Gasteiger charge is -1.97. The van der Waals surface area contributed by atoms with Gasteiger partial charge >= 0.3 is 0 Å². The highest BCUT2D eigenvalue weighted by Gasteiger charge is 2.24. The molecule has 1 aromatic carbocycles. The number of furan rings is 1. The lowest BCUT2D eigenvalue weighted by molar-refractivity contribution is -0.110. The molecule has 0 bridgehead atoms. The first-order valence-corrected chi connectivity index (χ1v) is 5.10. The second kappa shape index (κ2) is 3.59. The zero-order chi connectivity index (χ0) is 11.8. The number of carbonyl (C=O) groups is 1. The highest BCUT2D eigenvalue weighted by Crippen LogP contribution is 2.33. The summed E-state index contributed by atoms with van der Waals surface area (Å²) in [5.74, 6) is -0.0300. The largest absolute Gasteiger partial charge is 0.465 e. The standard InChI is InChI=1S/C13H8FNO2/c14-8-3-4-10-11(7-9-2-1-5-17-9)13(16)15-12(10)6-8/h1-7H,(H,15,16). The van der Waals surface area contributed by atoms with Crippen molar-refractivity contribution in [3.8, 4) is 0 Å². The van der Waals surface area contributed by atoms with Crippen molar-refractivity contribution in [3.05, 3.63) is 53.7 Å². The smallest absolute Gasteiger partial charge is 0.256 e. The minimum atomic E-state index is -0.372. The Bertz CT molecular complexity index is 614. The molecule has 1 aliphatic rings. The minimum Gasteiger partial charge on any atom is -0.465 e. The Balaban J connectivity index is 2.11. The maximum Gasteiger partial charge on any atom is 0.256 e. The van der Waals surface area contributed by atoms with Crippen molar-refractivity contribution >= 4 is 23.2 Å². The van der Waals surface area contributed by atoms with Gasteiger partial charge in [-0.1, -0.05) is 0 Å². The van der Waals surface area contributed by atoms with Crippen LogP contribution in [0.5, 0.6) is 0 Å². The van der Waals surface area contributed by atoms with E-state index in [-0.39, 0.29) is 11.7 Å². The Morgan fingerprint density at radius 2 is 2.18 bits per heavy atom. The van der Waals surface area contributed by atoms with Crippen LogP contribution in [0.3, 0.4) is 0 Å². The van der Waals surface area contributed by atoms with Crippen LogP contribution >= 0.6 is 0 Å². The van der Waals surface area contributed by atoms with E-state index in [9.17, 15) is 9.18 Å². The fourth-order valence-corrected chi connectivity index (χ4v) is 1.83. The fraction of sp³-hybridized carbons (Fsp3) is 0. The highest BCUT2D eigenvalue weighted by atomic mass is 19.1. The number of rotatable bonds is 1. The van der Waals surface area contributed by atoms with Crippen LogP contribution in [0.15, 0.2) is 41.0 Å². The predicted molar refractivity (Wildman–Crippen MR) is 61.6 cm³/mol. The van der Waals surface area contributed by atoms with Gasteiger partial charge in [-0.3, -0.25) is 4.79 Å². The molecular weight excluding hydrogens is 221 g/mol. The first-order valence-electron chi connectivity index (χ1n) is 5.10. The van der Waals surface area contributed by atoms with Gasteiger partial charge in [0.15, 0.2) is 0 Å². The van der Waals surface area contributed by atoms with Gasteiger partial charge in [0.1, 0.15) is 11.6 Å². The van der Waals surface area contributed by atoms with E-state index in [1.54, 1.807) is 24.3 Å². The summed E-state index contributed by atoms with van der Waals surface area (Å²) >= 11 is 0. The maximum atomic E-state index is 13.0. The number of halogens is 1. The van der Waals surface area contributed by atoms with Crippen molar-refractivity contribution in [2.24, 2.45) is 0 Å². The molecule has 1 amide bonds. The molecule has 3 rings (SSSR count). The second-order valence-corrected chi connectivity index (χ2v) is 3.72. The molecule has 0 unspecified atom stereocenters. The molecule has 0 aliphatic carbocycles. The zero-order valence-corrected chi connectivity index (χ0v) is 8.74. The number of anilines is 1. The number of hydrogen-bond acceptors (Lipinski definition) is 2. The van der Waals surface area contributed by atoms with Crippen LogP contribution in [0.2, 0.25) is 0 Å². The number of hydrogen-bond donors (Lipinski definition) is 1. The van der Waals surface area contributed by atoms with Crippen molar-refractivity contribution < 1.29 is 13.6 Å². The quantitative estimate of drug-likeness (QED) is 0.764. The Labute approximate surface area is 96.6 Å². The van der Waals surface area contributed by atoms with E-state index in [0.717, 1.165) is 0 Å². The number of amides is 1. The minimum absolute atomic E-state index is 0.248. The molecule has 1 aliphatic heterocycles. The molecule has 0 saturated carbocycles. The third-order valence-corrected chi connectivity index (χ3v) is 2.59. The molecule has 0 spiro atoms. The van der Waals surface area contributed by atoms with E-state index in [1.165, 1.54) is 18.4 Å². The molecule has 3 nitrogen and oxygen atoms in total. The van der Waals surface area contributed by atoms with E-state index in [0.29, 0.717) is 22.6 Å². The summed E-state index contributed by atoms with van der Waals surface area (Å²) in [7, 11) is 0. The highest BCUT2D eigenvalue weighted by molar-refractivity contribution is 6.34. The van der Waals surface area contributed by atoms with E-state index < -0.39 is 0 Å². The van der Waals surface area contributed by atoms with E-state index in [1.807, 2.05) is 0 Å². The van der Waals surface area contributed by atoms with Crippen LogP contribution < -0.4 is 5.32 Å². The third kappa shape index (κ3) is 1.63. The average molecular weight is 229 g/mol. The first-order chi connectivity index (χ1) is 8.24. The van der Waals surface area contributed by atoms with Gasteiger partial charge in [-0.05, 0) is 36.4 Å². The van der Waals surface area contributed by atoms with Crippen LogP contribution in [0.4, 0.5) is 10.1 Å². The van der Waals surface area contributed by atoms with E-state index in [2.05, 4.69) is 5.32 Å². The van der Waals surface area contributed by atoms with Gasteiger partial charge in [0, 0.05) is 5.56 Å². The van der Waals surface area contributed by atoms with Crippen molar-refractivity contribution in [1.29, 1.82) is 0 Å². The molecule has 17 heavy (non-hydrogen) atoms. The maximum absolute atomic E-state index is 13.0. The molecule has 2 heterocycles. The Morgan fingerprint density at radius 1 is 1.29 bits per heavy atom. The van der Waals surface area contributed by atoms with Gasteiger partial charge in [0.05, 0.1) is 17.5 Å². The number of benzene rings is 1. The molecule has 0 saturated heterocycles. The summed E-state index contributed by atoms with van der Waals surface area (Å²) in [5.41, 5.74) is 1.66. The van der Waals surface area contributed by atoms with Gasteiger partial charge in [-0.2, -0.15) is 0 Å². The SMILES string of the molecule is O=C1Nc2cc(F)ccc2C1=Cc1ccco1.